The fraction of sp³-hybridized carbons (Fsp3) is 0.659. The molecule has 0 spiro atoms. The van der Waals surface area contributed by atoms with Crippen LogP contribution in [0.1, 0.15) is 205 Å². The minimum Gasteiger partial charge on any atom is -0.508 e. The van der Waals surface area contributed by atoms with Gasteiger partial charge in [0.25, 0.3) is 0 Å². The maximum atomic E-state index is 14.3. The second-order valence-electron chi connectivity index (χ2n) is 31.7. The first-order chi connectivity index (χ1) is 66.5. The molecule has 1 aromatic carbocycles. The quantitative estimate of drug-likeness (QED) is 0.0200. The lowest BCUT2D eigenvalue weighted by molar-refractivity contribution is -0.138. The summed E-state index contributed by atoms with van der Waals surface area (Å²) in [6, 6.07) is -2.68. The van der Waals surface area contributed by atoms with E-state index in [1.807, 2.05) is 6.92 Å². The molecule has 1 aliphatic heterocycles. The number of thioether (sulfide) groups is 5. The van der Waals surface area contributed by atoms with Crippen molar-refractivity contribution < 1.29 is 139 Å². The highest BCUT2D eigenvalue weighted by atomic mass is 32.2. The minimum atomic E-state index is -1.40. The molecule has 7 atom stereocenters. The molecule has 19 N–H and O–H groups in total. The number of primary amides is 1. The number of nitrogens with two attached hydrogens (primary N) is 1. The van der Waals surface area contributed by atoms with Crippen LogP contribution in [-0.4, -0.2) is 308 Å². The molecule has 0 aromatic heterocycles. The summed E-state index contributed by atoms with van der Waals surface area (Å²) in [4.78, 5) is 310. The number of esters is 4. The fourth-order valence-corrected chi connectivity index (χ4v) is 16.3. The van der Waals surface area contributed by atoms with Gasteiger partial charge in [-0.3, -0.25) is 120 Å². The van der Waals surface area contributed by atoms with Gasteiger partial charge in [-0.25, -0.2) is 0 Å². The molecule has 1 saturated heterocycles. The second-order valence-corrected chi connectivity index (χ2v) is 36.9. The number of benzene rings is 1. The Bertz CT molecular complexity index is 4190. The first-order valence-corrected chi connectivity index (χ1v) is 51.1. The molecule has 16 amide bonds. The van der Waals surface area contributed by atoms with Gasteiger partial charge in [-0.2, -0.15) is 0 Å². The van der Waals surface area contributed by atoms with Crippen LogP contribution in [0, 0.1) is 0 Å². The lowest BCUT2D eigenvalue weighted by Crippen LogP contribution is -2.55. The second kappa shape index (κ2) is 75.7. The first kappa shape index (κ1) is 124. The molecule has 51 heteroatoms. The van der Waals surface area contributed by atoms with Gasteiger partial charge in [0.15, 0.2) is 20.5 Å². The molecule has 0 radical (unpaired) electrons. The van der Waals surface area contributed by atoms with Crippen molar-refractivity contribution in [1.29, 1.82) is 0 Å². The highest BCUT2D eigenvalue weighted by Crippen LogP contribution is 2.18. The van der Waals surface area contributed by atoms with Crippen LogP contribution in [-0.2, 0) is 140 Å². The zero-order valence-electron chi connectivity index (χ0n) is 79.4. The predicted molar refractivity (Wildman–Crippen MR) is 516 cm³/mol. The molecular weight excluding hydrogens is 1920 g/mol. The minimum absolute atomic E-state index is 0.0115. The molecule has 0 aliphatic carbocycles. The van der Waals surface area contributed by atoms with Gasteiger partial charge in [-0.1, -0.05) is 72.5 Å². The van der Waals surface area contributed by atoms with Gasteiger partial charge in [-0.15, -0.1) is 11.8 Å². The van der Waals surface area contributed by atoms with Crippen molar-refractivity contribution >= 4 is 198 Å². The van der Waals surface area contributed by atoms with Crippen LogP contribution >= 0.6 is 58.8 Å². The van der Waals surface area contributed by atoms with Gasteiger partial charge in [0.05, 0.1) is 83.7 Å². The van der Waals surface area contributed by atoms with Crippen molar-refractivity contribution in [3.63, 3.8) is 0 Å². The van der Waals surface area contributed by atoms with E-state index in [2.05, 4.69) is 104 Å². The monoisotopic (exact) mass is 2060 g/mol. The first-order valence-electron chi connectivity index (χ1n) is 46.0. The maximum Gasteiger partial charge on any atom is 0.316 e. The van der Waals surface area contributed by atoms with Gasteiger partial charge in [-0.05, 0) is 146 Å². The van der Waals surface area contributed by atoms with Gasteiger partial charge >= 0.3 is 23.9 Å². The Morgan fingerprint density at radius 1 is 0.345 bits per heavy atom. The van der Waals surface area contributed by atoms with Crippen LogP contribution in [0.5, 0.6) is 5.75 Å². The Balaban J connectivity index is 2.44. The molecule has 778 valence electrons. The summed E-state index contributed by atoms with van der Waals surface area (Å²) in [6.45, 7) is -0.433. The van der Waals surface area contributed by atoms with Gasteiger partial charge in [0.2, 0.25) is 94.5 Å². The molecule has 1 fully saturated rings. The zero-order valence-corrected chi connectivity index (χ0v) is 83.5. The average Bonchev–Trinajstić information content (AvgIpc) is 1.41. The molecule has 46 nitrogen and oxygen atoms in total. The largest absolute Gasteiger partial charge is 0.508 e. The summed E-state index contributed by atoms with van der Waals surface area (Å²) in [5.74, 6) is -13.3. The predicted octanol–water partition coefficient (Wildman–Crippen LogP) is -1.51. The number of rotatable bonds is 75. The SMILES string of the molecule is CCCCC(=O)NCCCC[C@H](NC(=O)CNC(=O)[C@H](CCCCNC(=O)[C@H](CCCCNC(=O)CNC(=O)C(CCCCNC(=O)CCCC(=O)SCC(=O)OC)NC(=O)CCCC(=O)SCC(=O)OC)NC(=O)CNC(=O)[C@H](CCCCNC(=O)CCCC(=O)SCC(=O)OC)NC(=O)CCCC(=O)SCC(=O)OC)NC(=O)CNC(=O)[C@@H]1CSCN1)C(=O)NC(Cc1ccc(O)cc1)C(N)=O. The molecular formula is C88H137N17O29S5. The number of carbonyl (C=O) groups excluding carboxylic acids is 24. The number of hydrogen-bond acceptors (Lipinski definition) is 35. The third-order valence-electron chi connectivity index (χ3n) is 20.4. The lowest BCUT2D eigenvalue weighted by atomic mass is 10.0. The number of amides is 16. The summed E-state index contributed by atoms with van der Waals surface area (Å²) in [5, 5.41) is 50.6. The number of phenols is 1. The number of ether oxygens (including phenoxy) is 4. The molecule has 0 bridgehead atoms. The van der Waals surface area contributed by atoms with E-state index in [1.54, 1.807) is 0 Å². The van der Waals surface area contributed by atoms with Crippen LogP contribution in [0.4, 0.5) is 0 Å². The Labute approximate surface area is 828 Å². The number of methoxy groups -OCH3 is 4. The Kier molecular flexibility index (Phi) is 67.5. The number of carbonyl (C=O) groups is 24. The lowest BCUT2D eigenvalue weighted by Gasteiger charge is -2.23. The number of unbranched alkanes of at least 4 members (excludes halogenated alkanes) is 6. The van der Waals surface area contributed by atoms with Gasteiger partial charge in [0, 0.05) is 109 Å². The third kappa shape index (κ3) is 62.5. The normalized spacial score (nSPS) is 13.1. The van der Waals surface area contributed by atoms with E-state index in [1.165, 1.54) is 57.4 Å². The van der Waals surface area contributed by atoms with E-state index in [-0.39, 0.29) is 261 Å². The van der Waals surface area contributed by atoms with Gasteiger partial charge in [0.1, 0.15) is 42.0 Å². The summed E-state index contributed by atoms with van der Waals surface area (Å²) >= 11 is 4.41. The van der Waals surface area contributed by atoms with Crippen molar-refractivity contribution in [3.8, 4) is 5.75 Å². The van der Waals surface area contributed by atoms with Crippen molar-refractivity contribution in [2.45, 2.75) is 248 Å². The number of phenolic OH excluding ortho intramolecular Hbond substituents is 1. The Hall–Kier alpha value is -11.2. The fourth-order valence-electron chi connectivity index (χ4n) is 12.6. The van der Waals surface area contributed by atoms with E-state index in [0.29, 0.717) is 66.4 Å². The highest BCUT2D eigenvalue weighted by molar-refractivity contribution is 8.15. The van der Waals surface area contributed by atoms with Crippen molar-refractivity contribution in [1.82, 2.24) is 85.1 Å². The topological polar surface area (TPSA) is 685 Å². The zero-order chi connectivity index (χ0) is 103. The molecule has 1 aromatic rings. The van der Waals surface area contributed by atoms with Crippen molar-refractivity contribution in [2.24, 2.45) is 5.73 Å². The maximum absolute atomic E-state index is 14.3. The summed E-state index contributed by atoms with van der Waals surface area (Å²) < 4.78 is 18.2. The van der Waals surface area contributed by atoms with Crippen molar-refractivity contribution in [2.75, 3.05) is 122 Å². The third-order valence-corrected chi connectivity index (χ3v) is 25.0. The van der Waals surface area contributed by atoms with Crippen LogP contribution in [0.25, 0.3) is 0 Å². The van der Waals surface area contributed by atoms with Gasteiger partial charge < -0.3 is 110 Å². The summed E-state index contributed by atoms with van der Waals surface area (Å²) in [5.41, 5.74) is 6.23. The summed E-state index contributed by atoms with van der Waals surface area (Å²) in [6.07, 6.45) is 3.44. The number of nitrogens with one attached hydrogen (secondary N) is 16. The Morgan fingerprint density at radius 2 is 0.640 bits per heavy atom. The van der Waals surface area contributed by atoms with Crippen LogP contribution in [0.3, 0.4) is 0 Å². The number of hydrogen-bond donors (Lipinski definition) is 18. The van der Waals surface area contributed by atoms with Crippen LogP contribution < -0.4 is 90.8 Å². The van der Waals surface area contributed by atoms with Crippen molar-refractivity contribution in [3.05, 3.63) is 29.8 Å². The number of aromatic hydroxyl groups is 1. The molecule has 2 unspecified atom stereocenters. The summed E-state index contributed by atoms with van der Waals surface area (Å²) in [7, 11) is 4.70. The molecule has 0 saturated carbocycles. The highest BCUT2D eigenvalue weighted by Gasteiger charge is 2.31. The Morgan fingerprint density at radius 3 is 0.964 bits per heavy atom. The molecule has 2 rings (SSSR count). The smallest absolute Gasteiger partial charge is 0.316 e. The van der Waals surface area contributed by atoms with E-state index < -0.39 is 174 Å². The van der Waals surface area contributed by atoms with E-state index in [0.717, 1.165) is 37.1 Å². The molecule has 1 aliphatic rings. The molecule has 139 heavy (non-hydrogen) atoms. The van der Waals surface area contributed by atoms with Crippen LogP contribution in [0.2, 0.25) is 0 Å². The standard InChI is InChI=1S/C88H137N17O29S5/c1-6-7-27-65(107)90-40-15-11-26-62(88(130)105-63(82(89)124)45-56-36-38-57(106)39-37-56)104-73(115)48-97-86(128)61(103-72(114)49-98-87(129)64-50-135-55-99-64)25-12-17-44-94-83(125)58(102-71(113)47-96-85(127)60(101-69(111)31-21-35-81(123)139-54-77(119)134-5)24-9-14-42-92-67(109)29-19-33-79(121)137-52-75(117)132-3)22-10-16-43-93-70(112)46-95-84(126)59(100-68(110)30-20-34-80(122)138-53-76(118)133-4)23-8-13-41-91-66(108)28-18-32-78(120)136-51-74(116)131-2/h36-39,58-64,99,106H,6-35,40-55H2,1-5H3,(H2,89,124)(H,90,107)(H,91,108)(H,92,109)(H,93,112)(H,94,125)(H,95,126)(H,96,127)(H,97,128)(H,98,129)(H,100,110)(H,101,111)(H,102,113)(H,103,114)(H,104,115)(H,105,130)/t58-,59?,60-,61-,62-,63?,64-/m0/s1. The average molecular weight is 2060 g/mol. The van der Waals surface area contributed by atoms with E-state index in [9.17, 15) is 120 Å². The van der Waals surface area contributed by atoms with Crippen LogP contribution in [0.15, 0.2) is 24.3 Å². The van der Waals surface area contributed by atoms with E-state index in [4.69, 9.17) is 5.73 Å². The van der Waals surface area contributed by atoms with E-state index >= 15 is 0 Å². The molecule has 1 heterocycles.